The number of hydrogen-bond acceptors (Lipinski definition) is 1. The van der Waals surface area contributed by atoms with E-state index in [4.69, 9.17) is 4.74 Å². The Morgan fingerprint density at radius 3 is 2.38 bits per heavy atom. The Labute approximate surface area is 98.6 Å². The highest BCUT2D eigenvalue weighted by atomic mass is 28.3. The van der Waals surface area contributed by atoms with Crippen LogP contribution in [-0.4, -0.2) is 14.7 Å². The average Bonchev–Trinajstić information content (AvgIpc) is 2.14. The molecule has 0 amide bonds. The van der Waals surface area contributed by atoms with Crippen LogP contribution in [0.25, 0.3) is 0 Å². The second-order valence-electron chi connectivity index (χ2n) is 5.60. The van der Waals surface area contributed by atoms with Crippen molar-refractivity contribution in [2.75, 3.05) is 6.61 Å². The van der Waals surface area contributed by atoms with Gasteiger partial charge in [0.05, 0.1) is 14.7 Å². The molecule has 1 rings (SSSR count). The maximum atomic E-state index is 13.6. The van der Waals surface area contributed by atoms with Gasteiger partial charge >= 0.3 is 0 Å². The van der Waals surface area contributed by atoms with E-state index in [1.807, 2.05) is 6.07 Å². The first-order valence-corrected chi connectivity index (χ1v) is 9.23. The van der Waals surface area contributed by atoms with Gasteiger partial charge in [0.2, 0.25) is 0 Å². The lowest BCUT2D eigenvalue weighted by Crippen LogP contribution is -2.40. The summed E-state index contributed by atoms with van der Waals surface area (Å²) in [5.74, 6) is 1.17. The van der Waals surface area contributed by atoms with Gasteiger partial charge in [-0.05, 0) is 29.3 Å². The molecule has 0 fully saturated rings. The Morgan fingerprint density at radius 1 is 1.25 bits per heavy atom. The molecule has 90 valence electrons. The van der Waals surface area contributed by atoms with Gasteiger partial charge in [-0.15, -0.1) is 0 Å². The zero-order chi connectivity index (χ0) is 12.3. The van der Waals surface area contributed by atoms with Gasteiger partial charge in [-0.25, -0.2) is 4.39 Å². The van der Waals surface area contributed by atoms with Gasteiger partial charge in [0.1, 0.15) is 11.6 Å². The maximum Gasteiger partial charge on any atom is 0.122 e. The average molecular weight is 240 g/mol. The second kappa shape index (κ2) is 5.00. The van der Waals surface area contributed by atoms with E-state index in [-0.39, 0.29) is 5.82 Å². The predicted molar refractivity (Wildman–Crippen MR) is 69.7 cm³/mol. The summed E-state index contributed by atoms with van der Waals surface area (Å²) in [7, 11) is -1.62. The molecule has 0 atom stereocenters. The Morgan fingerprint density at radius 2 is 1.88 bits per heavy atom. The first-order chi connectivity index (χ1) is 7.30. The fraction of sp³-hybridized carbons (Fsp3) is 0.538. The summed E-state index contributed by atoms with van der Waals surface area (Å²) in [6.07, 6.45) is 0. The summed E-state index contributed by atoms with van der Waals surface area (Å²) in [6.45, 7) is 11.3. The predicted octanol–water partition coefficient (Wildman–Crippen LogP) is 3.41. The first-order valence-electron chi connectivity index (χ1n) is 5.73. The highest BCUT2D eigenvalue weighted by Crippen LogP contribution is 2.15. The molecule has 0 aliphatic heterocycles. The monoisotopic (exact) mass is 240 g/mol. The molecule has 0 bridgehead atoms. The van der Waals surface area contributed by atoms with Gasteiger partial charge in [0, 0.05) is 0 Å². The van der Waals surface area contributed by atoms with Gasteiger partial charge in [-0.1, -0.05) is 33.5 Å². The topological polar surface area (TPSA) is 9.23 Å². The number of rotatable bonds is 4. The lowest BCUT2D eigenvalue weighted by atomic mass is 10.2. The minimum absolute atomic E-state index is 0.101. The lowest BCUT2D eigenvalue weighted by molar-refractivity contribution is 0.271. The van der Waals surface area contributed by atoms with Gasteiger partial charge in [-0.2, -0.15) is 0 Å². The van der Waals surface area contributed by atoms with Crippen molar-refractivity contribution in [1.82, 2.24) is 0 Å². The molecular weight excluding hydrogens is 219 g/mol. The molecular formula is C13H21FOSi. The molecule has 16 heavy (non-hydrogen) atoms. The molecule has 0 aliphatic rings. The number of halogens is 1. The Balaban J connectivity index is 2.90. The lowest BCUT2D eigenvalue weighted by Gasteiger charge is -2.19. The molecule has 1 aromatic rings. The summed E-state index contributed by atoms with van der Waals surface area (Å²) in [5.41, 5.74) is 0. The summed E-state index contributed by atoms with van der Waals surface area (Å²) in [4.78, 5) is 0. The molecule has 0 aliphatic carbocycles. The highest BCUT2D eigenvalue weighted by molar-refractivity contribution is 6.88. The van der Waals surface area contributed by atoms with Crippen LogP contribution in [0.4, 0.5) is 4.39 Å². The molecule has 0 saturated carbocycles. The van der Waals surface area contributed by atoms with Crippen molar-refractivity contribution in [3.05, 3.63) is 24.0 Å². The highest BCUT2D eigenvalue weighted by Gasteiger charge is 2.21. The van der Waals surface area contributed by atoms with E-state index in [0.717, 1.165) is 10.9 Å². The SMILES string of the molecule is CC(C)COc1ccc(F)c([Si](C)(C)C)c1. The maximum absolute atomic E-state index is 13.6. The van der Waals surface area contributed by atoms with E-state index < -0.39 is 8.07 Å². The van der Waals surface area contributed by atoms with Crippen LogP contribution in [0.1, 0.15) is 13.8 Å². The zero-order valence-electron chi connectivity index (χ0n) is 10.8. The van der Waals surface area contributed by atoms with E-state index in [1.165, 1.54) is 6.07 Å². The minimum Gasteiger partial charge on any atom is -0.493 e. The number of hydrogen-bond donors (Lipinski definition) is 0. The van der Waals surface area contributed by atoms with Crippen LogP contribution in [0.5, 0.6) is 5.75 Å². The fourth-order valence-corrected chi connectivity index (χ4v) is 2.81. The van der Waals surface area contributed by atoms with E-state index in [1.54, 1.807) is 6.07 Å². The van der Waals surface area contributed by atoms with Crippen molar-refractivity contribution in [3.63, 3.8) is 0 Å². The summed E-state index contributed by atoms with van der Waals surface area (Å²) in [6, 6.07) is 5.09. The summed E-state index contributed by atoms with van der Waals surface area (Å²) < 4.78 is 19.3. The second-order valence-corrected chi connectivity index (χ2v) is 10.6. The molecule has 0 N–H and O–H groups in total. The van der Waals surface area contributed by atoms with E-state index >= 15 is 0 Å². The van der Waals surface area contributed by atoms with E-state index in [2.05, 4.69) is 33.5 Å². The molecule has 1 nitrogen and oxygen atoms in total. The van der Waals surface area contributed by atoms with Crippen molar-refractivity contribution in [2.24, 2.45) is 5.92 Å². The van der Waals surface area contributed by atoms with Crippen LogP contribution >= 0.6 is 0 Å². The first kappa shape index (κ1) is 13.2. The zero-order valence-corrected chi connectivity index (χ0v) is 11.8. The Hall–Kier alpha value is -0.833. The molecule has 0 heterocycles. The largest absolute Gasteiger partial charge is 0.493 e. The van der Waals surface area contributed by atoms with Crippen molar-refractivity contribution in [3.8, 4) is 5.75 Å². The van der Waals surface area contributed by atoms with Crippen molar-refractivity contribution in [1.29, 1.82) is 0 Å². The van der Waals surface area contributed by atoms with Crippen molar-refractivity contribution >= 4 is 13.3 Å². The summed E-state index contributed by atoms with van der Waals surface area (Å²) in [5, 5.41) is 0.841. The molecule has 0 spiro atoms. The van der Waals surface area contributed by atoms with Gasteiger partial charge in [0.15, 0.2) is 0 Å². The van der Waals surface area contributed by atoms with Crippen molar-refractivity contribution in [2.45, 2.75) is 33.5 Å². The number of benzene rings is 1. The fourth-order valence-electron chi connectivity index (χ4n) is 1.43. The van der Waals surface area contributed by atoms with Crippen LogP contribution in [0.3, 0.4) is 0 Å². The number of ether oxygens (including phenoxy) is 1. The van der Waals surface area contributed by atoms with Crippen LogP contribution < -0.4 is 9.92 Å². The van der Waals surface area contributed by atoms with Gasteiger partial charge in [0.25, 0.3) is 0 Å². The van der Waals surface area contributed by atoms with Crippen LogP contribution in [0.2, 0.25) is 19.6 Å². The normalized spacial score (nSPS) is 11.9. The molecule has 3 heteroatoms. The van der Waals surface area contributed by atoms with Gasteiger partial charge in [-0.3, -0.25) is 0 Å². The molecule has 1 aromatic carbocycles. The van der Waals surface area contributed by atoms with Gasteiger partial charge < -0.3 is 4.74 Å². The molecule has 0 saturated heterocycles. The quantitative estimate of drug-likeness (QED) is 0.733. The minimum atomic E-state index is -1.62. The van der Waals surface area contributed by atoms with E-state index in [9.17, 15) is 4.39 Å². The van der Waals surface area contributed by atoms with Crippen molar-refractivity contribution < 1.29 is 9.13 Å². The smallest absolute Gasteiger partial charge is 0.122 e. The Kier molecular flexibility index (Phi) is 4.13. The van der Waals surface area contributed by atoms with Crippen LogP contribution in [0, 0.1) is 11.7 Å². The van der Waals surface area contributed by atoms with Crippen LogP contribution in [0.15, 0.2) is 18.2 Å². The third-order valence-corrected chi connectivity index (χ3v) is 4.33. The molecule has 0 radical (unpaired) electrons. The molecule has 0 unspecified atom stereocenters. The standard InChI is InChI=1S/C13H21FOSi/c1-10(2)9-15-11-6-7-12(14)13(8-11)16(3,4)5/h6-8,10H,9H2,1-5H3. The summed E-state index contributed by atoms with van der Waals surface area (Å²) >= 11 is 0. The Bertz CT molecular complexity index is 355. The molecule has 0 aromatic heterocycles. The third kappa shape index (κ3) is 3.63. The van der Waals surface area contributed by atoms with E-state index in [0.29, 0.717) is 12.5 Å². The third-order valence-electron chi connectivity index (χ3n) is 2.33. The van der Waals surface area contributed by atoms with Crippen LogP contribution in [-0.2, 0) is 0 Å².